The van der Waals surface area contributed by atoms with E-state index in [1.807, 2.05) is 13.8 Å². The molecule has 1 aromatic carbocycles. The Morgan fingerprint density at radius 3 is 1.41 bits per heavy atom. The molecule has 1 saturated heterocycles. The molecule has 1 heterocycles. The standard InChI is InChI=1S/C54H79N11O22/c1-28(2)24-37(49(81)58-26-40(67)56-4)64-54(86)39-6-5-22-65(39)41(68)27-87-23-21-57-48(80)38(25-30-7-9-31(10-8-30)29(3)66)63-53(85)36(15-20-46(77)78)62-52(84)35(14-19-45(75)76)61-51(83)34(13-18-44(73)74)60-50(82)33(12-17-43(71)72)59-47(79)32(55)11-16-42(69)70/h7-10,28,32-39H,5-6,11-27,55H2,1-4H3,(H,56,67)(H,57,80)(H,58,81)(H,59,79)(H,60,82)(H,61,83)(H,62,84)(H,63,85)(H,64,86)(H,69,70)(H,71,72)(H,73,74)(H,75,76)(H,77,78)/t32-,33-,34-,35-,36-,37+,38+,39+/m1/s1. The van der Waals surface area contributed by atoms with Crippen LogP contribution in [0.15, 0.2) is 24.3 Å². The van der Waals surface area contributed by atoms with E-state index in [4.69, 9.17) is 15.6 Å². The van der Waals surface area contributed by atoms with Crippen molar-refractivity contribution in [3.63, 3.8) is 0 Å². The Kier molecular flexibility index (Phi) is 32.3. The molecule has 0 saturated carbocycles. The number of Topliss-reactive ketones (excluding diaryl/α,β-unsaturated/α-hetero) is 1. The minimum atomic E-state index is -1.94. The van der Waals surface area contributed by atoms with Crippen molar-refractivity contribution in [1.29, 1.82) is 0 Å². The quantitative estimate of drug-likeness (QED) is 0.0220. The fourth-order valence-corrected chi connectivity index (χ4v) is 8.54. The number of hydrogen-bond acceptors (Lipinski definition) is 18. The first-order chi connectivity index (χ1) is 40.9. The summed E-state index contributed by atoms with van der Waals surface area (Å²) in [6.07, 6.45) is -6.29. The molecule has 8 atom stereocenters. The monoisotopic (exact) mass is 1230 g/mol. The van der Waals surface area contributed by atoms with Gasteiger partial charge in [0.05, 0.1) is 19.2 Å². The first-order valence-corrected chi connectivity index (χ1v) is 27.8. The van der Waals surface area contributed by atoms with Gasteiger partial charge in [-0.2, -0.15) is 0 Å². The number of nitrogens with zero attached hydrogens (tertiary/aromatic N) is 1. The molecule has 10 amide bonds. The van der Waals surface area contributed by atoms with Gasteiger partial charge >= 0.3 is 29.8 Å². The molecule has 1 aliphatic rings. The summed E-state index contributed by atoms with van der Waals surface area (Å²) in [5.74, 6) is -16.8. The number of ketones is 1. The van der Waals surface area contributed by atoms with E-state index in [9.17, 15) is 97.1 Å². The Balaban J connectivity index is 2.36. The number of amides is 10. The van der Waals surface area contributed by atoms with Crippen LogP contribution in [0.4, 0.5) is 0 Å². The number of ether oxygens (including phenoxy) is 1. The highest BCUT2D eigenvalue weighted by atomic mass is 16.5. The second kappa shape index (κ2) is 38.0. The number of benzene rings is 1. The molecule has 1 aliphatic heterocycles. The van der Waals surface area contributed by atoms with Gasteiger partial charge in [0.15, 0.2) is 5.78 Å². The number of hydrogen-bond donors (Lipinski definition) is 15. The molecule has 0 unspecified atom stereocenters. The van der Waals surface area contributed by atoms with Crippen molar-refractivity contribution in [1.82, 2.24) is 52.8 Å². The molecule has 0 spiro atoms. The molecule has 0 aliphatic carbocycles. The molecule has 0 bridgehead atoms. The van der Waals surface area contributed by atoms with E-state index in [-0.39, 0.29) is 57.2 Å². The van der Waals surface area contributed by atoms with Crippen LogP contribution in [0.5, 0.6) is 0 Å². The van der Waals surface area contributed by atoms with Crippen molar-refractivity contribution in [3.8, 4) is 0 Å². The maximum atomic E-state index is 14.2. The molecule has 1 aromatic rings. The lowest BCUT2D eigenvalue weighted by molar-refractivity contribution is -0.142. The van der Waals surface area contributed by atoms with Gasteiger partial charge in [-0.15, -0.1) is 0 Å². The number of nitrogens with two attached hydrogens (primary N) is 1. The number of aliphatic carboxylic acids is 5. The van der Waals surface area contributed by atoms with Crippen LogP contribution >= 0.6 is 0 Å². The van der Waals surface area contributed by atoms with E-state index >= 15 is 0 Å². The van der Waals surface area contributed by atoms with Gasteiger partial charge in [-0.25, -0.2) is 0 Å². The van der Waals surface area contributed by atoms with Crippen LogP contribution in [0.1, 0.15) is 120 Å². The summed E-state index contributed by atoms with van der Waals surface area (Å²) >= 11 is 0. The third kappa shape index (κ3) is 28.5. The summed E-state index contributed by atoms with van der Waals surface area (Å²) in [4.78, 5) is 205. The summed E-state index contributed by atoms with van der Waals surface area (Å²) in [6, 6.07) is -6.61. The van der Waals surface area contributed by atoms with Crippen LogP contribution in [0.25, 0.3) is 0 Å². The molecular formula is C54H79N11O22. The number of carbonyl (C=O) groups excluding carboxylic acids is 11. The molecule has 482 valence electrons. The van der Waals surface area contributed by atoms with E-state index < -0.39 is 208 Å². The van der Waals surface area contributed by atoms with Crippen molar-refractivity contribution >= 4 is 94.7 Å². The topological polar surface area (TPSA) is 521 Å². The molecule has 33 heteroatoms. The number of likely N-dealkylation sites (N-methyl/N-ethyl adjacent to an activating group) is 1. The Morgan fingerprint density at radius 1 is 0.563 bits per heavy atom. The molecule has 0 radical (unpaired) electrons. The zero-order chi connectivity index (χ0) is 65.5. The van der Waals surface area contributed by atoms with Gasteiger partial charge in [0.25, 0.3) is 0 Å². The minimum Gasteiger partial charge on any atom is -0.481 e. The SMILES string of the molecule is CNC(=O)CNC(=O)[C@H](CC(C)C)NC(=O)[C@@H]1CCCN1C(=O)COCCNC(=O)[C@H](Cc1ccc(C(C)=O)cc1)NC(=O)[C@@H](CCC(=O)O)NC(=O)[C@@H](CCC(=O)O)NC(=O)[C@@H](CCC(=O)O)NC(=O)[C@@H](CCC(=O)O)NC(=O)[C@H](N)CCC(=O)O. The molecule has 16 N–H and O–H groups in total. The highest BCUT2D eigenvalue weighted by Gasteiger charge is 2.37. The number of likely N-dealkylation sites (tertiary alicyclic amines) is 1. The van der Waals surface area contributed by atoms with E-state index in [1.165, 1.54) is 43.1 Å². The second-order valence-electron chi connectivity index (χ2n) is 20.7. The van der Waals surface area contributed by atoms with E-state index in [0.29, 0.717) is 17.5 Å². The van der Waals surface area contributed by atoms with Crippen LogP contribution in [-0.4, -0.2) is 213 Å². The zero-order valence-corrected chi connectivity index (χ0v) is 48.6. The number of carboxylic acids is 5. The van der Waals surface area contributed by atoms with Crippen LogP contribution in [0, 0.1) is 5.92 Å². The maximum absolute atomic E-state index is 14.2. The molecule has 87 heavy (non-hydrogen) atoms. The minimum absolute atomic E-state index is 0.0377. The first-order valence-electron chi connectivity index (χ1n) is 27.8. The van der Waals surface area contributed by atoms with Crippen molar-refractivity contribution in [3.05, 3.63) is 35.4 Å². The van der Waals surface area contributed by atoms with E-state index in [0.717, 1.165) is 0 Å². The third-order valence-corrected chi connectivity index (χ3v) is 13.2. The predicted molar refractivity (Wildman–Crippen MR) is 299 cm³/mol. The molecular weight excluding hydrogens is 1150 g/mol. The second-order valence-corrected chi connectivity index (χ2v) is 20.7. The molecule has 2 rings (SSSR count). The lowest BCUT2D eigenvalue weighted by Gasteiger charge is -2.27. The predicted octanol–water partition coefficient (Wildman–Crippen LogP) is -3.98. The van der Waals surface area contributed by atoms with Gasteiger partial charge in [-0.3, -0.25) is 76.7 Å². The van der Waals surface area contributed by atoms with Gasteiger partial charge < -0.3 is 88.8 Å². The fourth-order valence-electron chi connectivity index (χ4n) is 8.54. The highest BCUT2D eigenvalue weighted by molar-refractivity contribution is 5.98. The Bertz CT molecular complexity index is 2650. The number of nitrogens with one attached hydrogen (secondary N) is 9. The van der Waals surface area contributed by atoms with Crippen LogP contribution in [-0.2, 0) is 83.1 Å². The average molecular weight is 1230 g/mol. The van der Waals surface area contributed by atoms with E-state index in [2.05, 4.69) is 47.9 Å². The molecule has 33 nitrogen and oxygen atoms in total. The Labute approximate surface area is 499 Å². The first kappa shape index (κ1) is 74.0. The summed E-state index contributed by atoms with van der Waals surface area (Å²) in [5.41, 5.74) is 6.42. The summed E-state index contributed by atoms with van der Waals surface area (Å²) in [7, 11) is 1.40. The number of rotatable bonds is 41. The lowest BCUT2D eigenvalue weighted by Crippen LogP contribution is -2.59. The Hall–Kier alpha value is -9.14. The average Bonchev–Trinajstić information content (AvgIpc) is 2.71. The van der Waals surface area contributed by atoms with Crippen LogP contribution in [0.3, 0.4) is 0 Å². The van der Waals surface area contributed by atoms with Gasteiger partial charge in [0.1, 0.15) is 48.9 Å². The summed E-state index contributed by atoms with van der Waals surface area (Å²) < 4.78 is 5.55. The lowest BCUT2D eigenvalue weighted by atomic mass is 10.0. The maximum Gasteiger partial charge on any atom is 0.303 e. The highest BCUT2D eigenvalue weighted by Crippen LogP contribution is 2.19. The normalized spacial score (nSPS) is 15.1. The van der Waals surface area contributed by atoms with Gasteiger partial charge in [0, 0.05) is 64.2 Å². The summed E-state index contributed by atoms with van der Waals surface area (Å²) in [6.45, 7) is 3.71. The third-order valence-electron chi connectivity index (χ3n) is 13.2. The summed E-state index contributed by atoms with van der Waals surface area (Å²) in [5, 5.41) is 68.2. The van der Waals surface area contributed by atoms with Crippen molar-refractivity contribution in [2.75, 3.05) is 39.9 Å². The zero-order valence-electron chi connectivity index (χ0n) is 48.6. The van der Waals surface area contributed by atoms with Crippen LogP contribution in [0.2, 0.25) is 0 Å². The Morgan fingerprint density at radius 2 is 0.989 bits per heavy atom. The molecule has 0 aromatic heterocycles. The number of carboxylic acid groups (broad SMARTS) is 5. The van der Waals surface area contributed by atoms with E-state index in [1.54, 1.807) is 0 Å². The van der Waals surface area contributed by atoms with Gasteiger partial charge in [-0.05, 0) is 69.8 Å². The largest absolute Gasteiger partial charge is 0.481 e. The number of carbonyl (C=O) groups is 16. The van der Waals surface area contributed by atoms with Crippen molar-refractivity contribution in [2.45, 2.75) is 159 Å². The fraction of sp³-hybridized carbons (Fsp3) is 0.593. The van der Waals surface area contributed by atoms with Gasteiger partial charge in [-0.1, -0.05) is 38.1 Å². The van der Waals surface area contributed by atoms with Crippen molar-refractivity contribution in [2.24, 2.45) is 11.7 Å². The smallest absolute Gasteiger partial charge is 0.303 e. The van der Waals surface area contributed by atoms with Crippen molar-refractivity contribution < 1.29 is 107 Å². The molecule has 1 fully saturated rings. The van der Waals surface area contributed by atoms with Gasteiger partial charge in [0.2, 0.25) is 59.1 Å². The van der Waals surface area contributed by atoms with Crippen LogP contribution < -0.4 is 53.6 Å².